The molecule has 0 atom stereocenters. The maximum Gasteiger partial charge on any atom is 0.243 e. The lowest BCUT2D eigenvalue weighted by atomic mass is 10.2. The minimum absolute atomic E-state index is 0.717. The molecule has 5 nitrogen and oxygen atoms in total. The van der Waals surface area contributed by atoms with Crippen molar-refractivity contribution in [2.75, 3.05) is 5.32 Å². The first-order chi connectivity index (χ1) is 8.29. The first kappa shape index (κ1) is 12.0. The maximum atomic E-state index is 3.95. The number of halogens is 1. The molecule has 2 aromatic rings. The fraction of sp³-hybridized carbons (Fsp3) is 0.364. The summed E-state index contributed by atoms with van der Waals surface area (Å²) in [5.74, 6) is 0.717. The van der Waals surface area contributed by atoms with Gasteiger partial charge < -0.3 is 5.32 Å². The lowest BCUT2D eigenvalue weighted by molar-refractivity contribution is 0.582. The molecule has 0 saturated carbocycles. The monoisotopic (exact) mass is 295 g/mol. The highest BCUT2D eigenvalue weighted by atomic mass is 79.9. The molecule has 1 aromatic heterocycles. The number of hydrogen-bond donors (Lipinski definition) is 1. The molecular formula is C11H14BrN5. The Balaban J connectivity index is 1.97. The van der Waals surface area contributed by atoms with Crippen LogP contribution in [0.4, 0.5) is 5.95 Å². The van der Waals surface area contributed by atoms with Crippen LogP contribution < -0.4 is 5.32 Å². The minimum atomic E-state index is 0.717. The Morgan fingerprint density at radius 1 is 1.29 bits per heavy atom. The Kier molecular flexibility index (Phi) is 4.08. The second kappa shape index (κ2) is 5.77. The molecule has 0 aliphatic rings. The molecule has 1 heterocycles. The highest BCUT2D eigenvalue weighted by Gasteiger charge is 2.03. The molecule has 0 fully saturated rings. The number of tetrazole rings is 1. The molecular weight excluding hydrogens is 282 g/mol. The minimum Gasteiger partial charge on any atom is -0.349 e. The molecule has 0 saturated heterocycles. The normalized spacial score (nSPS) is 10.5. The molecule has 1 aromatic carbocycles. The SMILES string of the molecule is CCCn1nnnc1NCc1ccc(Br)cc1. The van der Waals surface area contributed by atoms with Gasteiger partial charge in [-0.15, -0.1) is 0 Å². The summed E-state index contributed by atoms with van der Waals surface area (Å²) < 4.78 is 2.86. The lowest BCUT2D eigenvalue weighted by Crippen LogP contribution is -2.08. The number of anilines is 1. The Morgan fingerprint density at radius 2 is 2.06 bits per heavy atom. The van der Waals surface area contributed by atoms with Crippen molar-refractivity contribution in [1.82, 2.24) is 20.2 Å². The van der Waals surface area contributed by atoms with Crippen molar-refractivity contribution in [3.63, 3.8) is 0 Å². The summed E-state index contributed by atoms with van der Waals surface area (Å²) in [5, 5.41) is 14.8. The van der Waals surface area contributed by atoms with Gasteiger partial charge in [0.15, 0.2) is 0 Å². The zero-order valence-corrected chi connectivity index (χ0v) is 11.2. The molecule has 0 amide bonds. The molecule has 2 rings (SSSR count). The van der Waals surface area contributed by atoms with Crippen LogP contribution in [-0.2, 0) is 13.1 Å². The van der Waals surface area contributed by atoms with E-state index in [1.807, 2.05) is 12.1 Å². The van der Waals surface area contributed by atoms with Crippen LogP contribution in [0.5, 0.6) is 0 Å². The van der Waals surface area contributed by atoms with Crippen LogP contribution >= 0.6 is 15.9 Å². The smallest absolute Gasteiger partial charge is 0.243 e. The number of aryl methyl sites for hydroxylation is 1. The average Bonchev–Trinajstić information content (AvgIpc) is 2.77. The van der Waals surface area contributed by atoms with Gasteiger partial charge in [0.25, 0.3) is 0 Å². The first-order valence-electron chi connectivity index (χ1n) is 5.54. The van der Waals surface area contributed by atoms with Crippen LogP contribution in [0.1, 0.15) is 18.9 Å². The molecule has 0 aliphatic carbocycles. The topological polar surface area (TPSA) is 55.6 Å². The van der Waals surface area contributed by atoms with Crippen LogP contribution in [0.15, 0.2) is 28.7 Å². The Bertz CT molecular complexity index is 465. The zero-order chi connectivity index (χ0) is 12.1. The predicted molar refractivity (Wildman–Crippen MR) is 69.6 cm³/mol. The van der Waals surface area contributed by atoms with Gasteiger partial charge in [-0.1, -0.05) is 40.1 Å². The molecule has 1 N–H and O–H groups in total. The van der Waals surface area contributed by atoms with Crippen LogP contribution in [0, 0.1) is 0 Å². The summed E-state index contributed by atoms with van der Waals surface area (Å²) in [6.45, 7) is 3.65. The molecule has 0 radical (unpaired) electrons. The number of nitrogens with one attached hydrogen (secondary N) is 1. The zero-order valence-electron chi connectivity index (χ0n) is 9.60. The van der Waals surface area contributed by atoms with Crippen LogP contribution in [-0.4, -0.2) is 20.2 Å². The summed E-state index contributed by atoms with van der Waals surface area (Å²) in [7, 11) is 0. The quantitative estimate of drug-likeness (QED) is 0.921. The number of benzene rings is 1. The van der Waals surface area contributed by atoms with Gasteiger partial charge in [0.05, 0.1) is 0 Å². The summed E-state index contributed by atoms with van der Waals surface area (Å²) in [4.78, 5) is 0. The van der Waals surface area contributed by atoms with E-state index in [4.69, 9.17) is 0 Å². The second-order valence-corrected chi connectivity index (χ2v) is 4.62. The van der Waals surface area contributed by atoms with Gasteiger partial charge in [-0.3, -0.25) is 0 Å². The average molecular weight is 296 g/mol. The molecule has 90 valence electrons. The van der Waals surface area contributed by atoms with E-state index in [0.29, 0.717) is 0 Å². The molecule has 0 unspecified atom stereocenters. The van der Waals surface area contributed by atoms with Gasteiger partial charge in [-0.05, 0) is 34.5 Å². The Morgan fingerprint density at radius 3 is 2.76 bits per heavy atom. The largest absolute Gasteiger partial charge is 0.349 e. The number of aromatic nitrogens is 4. The van der Waals surface area contributed by atoms with E-state index < -0.39 is 0 Å². The molecule has 17 heavy (non-hydrogen) atoms. The summed E-state index contributed by atoms with van der Waals surface area (Å²) >= 11 is 3.41. The van der Waals surface area contributed by atoms with Gasteiger partial charge in [0.1, 0.15) is 0 Å². The van der Waals surface area contributed by atoms with Crippen molar-refractivity contribution in [1.29, 1.82) is 0 Å². The molecule has 0 spiro atoms. The van der Waals surface area contributed by atoms with Crippen LogP contribution in [0.2, 0.25) is 0 Å². The fourth-order valence-electron chi connectivity index (χ4n) is 1.48. The van der Waals surface area contributed by atoms with Crippen molar-refractivity contribution in [2.24, 2.45) is 0 Å². The van der Waals surface area contributed by atoms with Crippen LogP contribution in [0.25, 0.3) is 0 Å². The number of nitrogens with zero attached hydrogens (tertiary/aromatic N) is 4. The van der Waals surface area contributed by atoms with E-state index in [2.05, 4.69) is 55.8 Å². The predicted octanol–water partition coefficient (Wildman–Crippen LogP) is 2.46. The summed E-state index contributed by atoms with van der Waals surface area (Å²) in [6.07, 6.45) is 1.01. The van der Waals surface area contributed by atoms with Crippen molar-refractivity contribution < 1.29 is 0 Å². The van der Waals surface area contributed by atoms with Gasteiger partial charge in [-0.25, -0.2) is 4.68 Å². The van der Waals surface area contributed by atoms with E-state index >= 15 is 0 Å². The third-order valence-electron chi connectivity index (χ3n) is 2.33. The molecule has 0 aliphatic heterocycles. The van der Waals surface area contributed by atoms with Crippen molar-refractivity contribution in [3.8, 4) is 0 Å². The van der Waals surface area contributed by atoms with E-state index in [1.165, 1.54) is 5.56 Å². The van der Waals surface area contributed by atoms with Gasteiger partial charge in [0, 0.05) is 17.6 Å². The summed E-state index contributed by atoms with van der Waals surface area (Å²) in [6, 6.07) is 8.16. The van der Waals surface area contributed by atoms with E-state index in [-0.39, 0.29) is 0 Å². The van der Waals surface area contributed by atoms with Crippen LogP contribution in [0.3, 0.4) is 0 Å². The summed E-state index contributed by atoms with van der Waals surface area (Å²) in [5.41, 5.74) is 1.19. The lowest BCUT2D eigenvalue weighted by Gasteiger charge is -2.06. The Hall–Kier alpha value is -1.43. The van der Waals surface area contributed by atoms with Crippen molar-refractivity contribution >= 4 is 21.9 Å². The number of rotatable bonds is 5. The van der Waals surface area contributed by atoms with E-state index in [1.54, 1.807) is 4.68 Å². The van der Waals surface area contributed by atoms with E-state index in [9.17, 15) is 0 Å². The first-order valence-corrected chi connectivity index (χ1v) is 6.33. The van der Waals surface area contributed by atoms with Gasteiger partial charge in [-0.2, -0.15) is 0 Å². The van der Waals surface area contributed by atoms with E-state index in [0.717, 1.165) is 29.9 Å². The fourth-order valence-corrected chi connectivity index (χ4v) is 1.74. The van der Waals surface area contributed by atoms with Gasteiger partial charge in [0.2, 0.25) is 5.95 Å². The third-order valence-corrected chi connectivity index (χ3v) is 2.86. The highest BCUT2D eigenvalue weighted by Crippen LogP contribution is 2.11. The third kappa shape index (κ3) is 3.26. The molecule has 0 bridgehead atoms. The standard InChI is InChI=1S/C11H14BrN5/c1-2-7-17-11(14-15-16-17)13-8-9-3-5-10(12)6-4-9/h3-6H,2,7-8H2,1H3,(H,13,14,16). The molecule has 6 heteroatoms. The van der Waals surface area contributed by atoms with Gasteiger partial charge >= 0.3 is 0 Å². The van der Waals surface area contributed by atoms with Crippen molar-refractivity contribution in [3.05, 3.63) is 34.3 Å². The highest BCUT2D eigenvalue weighted by molar-refractivity contribution is 9.10. The van der Waals surface area contributed by atoms with Crippen molar-refractivity contribution in [2.45, 2.75) is 26.4 Å². The Labute approximate surface area is 108 Å². The second-order valence-electron chi connectivity index (χ2n) is 3.71. The maximum absolute atomic E-state index is 3.95. The number of hydrogen-bond acceptors (Lipinski definition) is 4.